The molecule has 1 aromatic carbocycles. The quantitative estimate of drug-likeness (QED) is 0.905. The molecule has 2 aliphatic heterocycles. The third kappa shape index (κ3) is 4.39. The van der Waals surface area contributed by atoms with Crippen LogP contribution in [0.1, 0.15) is 31.2 Å². The van der Waals surface area contributed by atoms with Gasteiger partial charge in [0.15, 0.2) is 11.5 Å². The van der Waals surface area contributed by atoms with E-state index >= 15 is 0 Å². The Kier molecular flexibility index (Phi) is 5.79. The van der Waals surface area contributed by atoms with Crippen molar-refractivity contribution in [1.82, 2.24) is 10.2 Å². The molecule has 1 N–H and O–H groups in total. The van der Waals surface area contributed by atoms with Crippen LogP contribution in [0.3, 0.4) is 0 Å². The highest BCUT2D eigenvalue weighted by molar-refractivity contribution is 5.47. The Morgan fingerprint density at radius 2 is 2.04 bits per heavy atom. The fourth-order valence-electron chi connectivity index (χ4n) is 3.74. The van der Waals surface area contributed by atoms with Crippen molar-refractivity contribution in [3.8, 4) is 11.5 Å². The van der Waals surface area contributed by atoms with Crippen molar-refractivity contribution >= 4 is 0 Å². The van der Waals surface area contributed by atoms with Gasteiger partial charge in [0, 0.05) is 13.1 Å². The van der Waals surface area contributed by atoms with Crippen molar-refractivity contribution in [3.05, 3.63) is 23.8 Å². The third-order valence-corrected chi connectivity index (χ3v) is 5.13. The molecule has 0 aromatic heterocycles. The Morgan fingerprint density at radius 1 is 1.22 bits per heavy atom. The predicted molar refractivity (Wildman–Crippen MR) is 93.4 cm³/mol. The number of hydrogen-bond donors (Lipinski definition) is 1. The van der Waals surface area contributed by atoms with Gasteiger partial charge in [-0.05, 0) is 69.8 Å². The van der Waals surface area contributed by atoms with Gasteiger partial charge in [0.05, 0.1) is 7.11 Å². The highest BCUT2D eigenvalue weighted by Crippen LogP contribution is 2.35. The summed E-state index contributed by atoms with van der Waals surface area (Å²) in [5.74, 6) is 2.57. The van der Waals surface area contributed by atoms with Crippen molar-refractivity contribution in [2.75, 3.05) is 40.3 Å². The van der Waals surface area contributed by atoms with Crippen LogP contribution in [0.5, 0.6) is 11.5 Å². The normalized spacial score (nSPS) is 23.7. The molecule has 0 aliphatic carbocycles. The molecule has 1 aromatic rings. The van der Waals surface area contributed by atoms with Crippen molar-refractivity contribution in [1.29, 1.82) is 0 Å². The van der Waals surface area contributed by atoms with E-state index in [0.717, 1.165) is 56.9 Å². The molecule has 2 saturated heterocycles. The summed E-state index contributed by atoms with van der Waals surface area (Å²) in [5, 5.41) is 3.50. The van der Waals surface area contributed by atoms with Crippen LogP contribution in [0.15, 0.2) is 18.2 Å². The predicted octanol–water partition coefficient (Wildman–Crippen LogP) is 2.71. The largest absolute Gasteiger partial charge is 0.493 e. The second kappa shape index (κ2) is 8.02. The molecule has 0 amide bonds. The lowest BCUT2D eigenvalue weighted by Crippen LogP contribution is -2.35. The van der Waals surface area contributed by atoms with Crippen molar-refractivity contribution in [2.45, 2.75) is 38.2 Å². The van der Waals surface area contributed by atoms with Gasteiger partial charge in [-0.3, -0.25) is 0 Å². The van der Waals surface area contributed by atoms with E-state index in [1.807, 2.05) is 0 Å². The number of ether oxygens (including phenoxy) is 2. The van der Waals surface area contributed by atoms with Gasteiger partial charge in [-0.1, -0.05) is 12.1 Å². The van der Waals surface area contributed by atoms with Crippen LogP contribution >= 0.6 is 0 Å². The van der Waals surface area contributed by atoms with Crippen LogP contribution in [0.4, 0.5) is 0 Å². The number of rotatable bonds is 5. The summed E-state index contributed by atoms with van der Waals surface area (Å²) in [6.45, 7) is 4.50. The molecule has 1 atom stereocenters. The Balaban J connectivity index is 1.68. The Labute approximate surface area is 140 Å². The number of nitrogens with one attached hydrogen (secondary N) is 1. The van der Waals surface area contributed by atoms with Gasteiger partial charge in [0.25, 0.3) is 0 Å². The average molecular weight is 318 g/mol. The van der Waals surface area contributed by atoms with E-state index < -0.39 is 0 Å². The van der Waals surface area contributed by atoms with E-state index in [1.54, 1.807) is 7.11 Å². The number of hydrogen-bond acceptors (Lipinski definition) is 4. The number of likely N-dealkylation sites (tertiary alicyclic amines) is 1. The van der Waals surface area contributed by atoms with Crippen molar-refractivity contribution in [2.24, 2.45) is 5.92 Å². The topological polar surface area (TPSA) is 33.7 Å². The summed E-state index contributed by atoms with van der Waals surface area (Å²) >= 11 is 0. The van der Waals surface area contributed by atoms with Crippen LogP contribution in [0.25, 0.3) is 0 Å². The molecule has 128 valence electrons. The first-order valence-corrected chi connectivity index (χ1v) is 8.98. The first-order valence-electron chi connectivity index (χ1n) is 8.98. The SMILES string of the molecule is COc1c(CC2CCCNC2)cccc1OC1CCN(C)CC1. The summed E-state index contributed by atoms with van der Waals surface area (Å²) in [5.41, 5.74) is 1.28. The summed E-state index contributed by atoms with van der Waals surface area (Å²) in [7, 11) is 3.94. The Hall–Kier alpha value is -1.26. The second-order valence-corrected chi connectivity index (χ2v) is 6.99. The lowest BCUT2D eigenvalue weighted by molar-refractivity contribution is 0.111. The zero-order chi connectivity index (χ0) is 16.1. The van der Waals surface area contributed by atoms with E-state index in [2.05, 4.69) is 35.5 Å². The lowest BCUT2D eigenvalue weighted by atomic mass is 9.92. The molecule has 4 nitrogen and oxygen atoms in total. The molecular weight excluding hydrogens is 288 g/mol. The van der Waals surface area contributed by atoms with Crippen molar-refractivity contribution < 1.29 is 9.47 Å². The van der Waals surface area contributed by atoms with Crippen LogP contribution in [-0.2, 0) is 6.42 Å². The molecule has 2 aliphatic rings. The number of para-hydroxylation sites is 1. The molecular formula is C19H30N2O2. The fraction of sp³-hybridized carbons (Fsp3) is 0.684. The van der Waals surface area contributed by atoms with Crippen LogP contribution in [0, 0.1) is 5.92 Å². The van der Waals surface area contributed by atoms with Gasteiger partial charge in [0.2, 0.25) is 0 Å². The maximum Gasteiger partial charge on any atom is 0.163 e. The summed E-state index contributed by atoms with van der Waals surface area (Å²) in [4.78, 5) is 2.36. The highest BCUT2D eigenvalue weighted by Gasteiger charge is 2.22. The maximum atomic E-state index is 6.29. The average Bonchev–Trinajstić information content (AvgIpc) is 2.58. The summed E-state index contributed by atoms with van der Waals surface area (Å²) < 4.78 is 12.0. The molecule has 1 unspecified atom stereocenters. The number of nitrogens with zero attached hydrogens (tertiary/aromatic N) is 1. The fourth-order valence-corrected chi connectivity index (χ4v) is 3.74. The molecule has 0 spiro atoms. The Morgan fingerprint density at radius 3 is 2.74 bits per heavy atom. The maximum absolute atomic E-state index is 6.29. The molecule has 3 rings (SSSR count). The summed E-state index contributed by atoms with van der Waals surface area (Å²) in [6, 6.07) is 6.35. The lowest BCUT2D eigenvalue weighted by Gasteiger charge is -2.30. The molecule has 0 radical (unpaired) electrons. The van der Waals surface area contributed by atoms with Gasteiger partial charge >= 0.3 is 0 Å². The molecule has 2 fully saturated rings. The molecule has 4 heteroatoms. The standard InChI is InChI=1S/C19H30N2O2/c1-21-11-8-17(9-12-21)23-18-7-3-6-16(19(18)22-2)13-15-5-4-10-20-14-15/h3,6-7,15,17,20H,4-5,8-14H2,1-2H3. The van der Waals surface area contributed by atoms with E-state index in [-0.39, 0.29) is 0 Å². The van der Waals surface area contributed by atoms with Gasteiger partial charge in [-0.2, -0.15) is 0 Å². The van der Waals surface area contributed by atoms with Gasteiger partial charge in [-0.25, -0.2) is 0 Å². The minimum absolute atomic E-state index is 0.312. The van der Waals surface area contributed by atoms with Gasteiger partial charge in [-0.15, -0.1) is 0 Å². The zero-order valence-electron chi connectivity index (χ0n) is 14.5. The monoisotopic (exact) mass is 318 g/mol. The summed E-state index contributed by atoms with van der Waals surface area (Å²) in [6.07, 6.45) is 6.15. The van der Waals surface area contributed by atoms with Gasteiger partial charge in [0.1, 0.15) is 6.10 Å². The highest BCUT2D eigenvalue weighted by atomic mass is 16.5. The smallest absolute Gasteiger partial charge is 0.163 e. The van der Waals surface area contributed by atoms with E-state index in [4.69, 9.17) is 9.47 Å². The van der Waals surface area contributed by atoms with Crippen LogP contribution in [0.2, 0.25) is 0 Å². The minimum atomic E-state index is 0.312. The second-order valence-electron chi connectivity index (χ2n) is 6.99. The number of piperidine rings is 2. The van der Waals surface area contributed by atoms with E-state index in [9.17, 15) is 0 Å². The third-order valence-electron chi connectivity index (χ3n) is 5.13. The first kappa shape index (κ1) is 16.6. The molecule has 23 heavy (non-hydrogen) atoms. The first-order chi connectivity index (χ1) is 11.3. The Bertz CT molecular complexity index is 492. The van der Waals surface area contributed by atoms with Crippen molar-refractivity contribution in [3.63, 3.8) is 0 Å². The minimum Gasteiger partial charge on any atom is -0.493 e. The van der Waals surface area contributed by atoms with Gasteiger partial charge < -0.3 is 19.7 Å². The van der Waals surface area contributed by atoms with E-state index in [1.165, 1.54) is 18.4 Å². The molecule has 0 saturated carbocycles. The number of methoxy groups -OCH3 is 1. The zero-order valence-corrected chi connectivity index (χ0v) is 14.5. The molecule has 2 heterocycles. The van der Waals surface area contributed by atoms with Crippen LogP contribution in [-0.4, -0.2) is 51.3 Å². The van der Waals surface area contributed by atoms with Crippen LogP contribution < -0.4 is 14.8 Å². The number of benzene rings is 1. The van der Waals surface area contributed by atoms with E-state index in [0.29, 0.717) is 12.0 Å². The molecule has 0 bridgehead atoms.